The highest BCUT2D eigenvalue weighted by Gasteiger charge is 2.32. The van der Waals surface area contributed by atoms with Gasteiger partial charge in [-0.3, -0.25) is 4.79 Å². The summed E-state index contributed by atoms with van der Waals surface area (Å²) in [7, 11) is 1.67. The topological polar surface area (TPSA) is 92.5 Å². The van der Waals surface area contributed by atoms with Gasteiger partial charge in [0.15, 0.2) is 0 Å². The van der Waals surface area contributed by atoms with E-state index in [1.165, 1.54) is 4.57 Å². The Morgan fingerprint density at radius 3 is 2.61 bits per heavy atom. The molecule has 0 spiro atoms. The van der Waals surface area contributed by atoms with Gasteiger partial charge in [-0.15, -0.1) is 10.2 Å². The largest absolute Gasteiger partial charge is 0.506 e. The highest BCUT2D eigenvalue weighted by atomic mass is 16.3. The highest BCUT2D eigenvalue weighted by molar-refractivity contribution is 6.19. The number of aromatic hydroxyl groups is 1. The van der Waals surface area contributed by atoms with Crippen LogP contribution < -0.4 is 16.7 Å². The van der Waals surface area contributed by atoms with Gasteiger partial charge in [0.05, 0.1) is 22.3 Å². The molecule has 134 valence electrons. The van der Waals surface area contributed by atoms with Crippen LogP contribution in [0.4, 0.5) is 5.69 Å². The summed E-state index contributed by atoms with van der Waals surface area (Å²) in [5, 5.41) is 19.8. The maximum Gasteiger partial charge on any atom is 0.264 e. The average molecular weight is 368 g/mol. The van der Waals surface area contributed by atoms with Crippen molar-refractivity contribution < 1.29 is 9.52 Å². The second-order valence-electron chi connectivity index (χ2n) is 6.74. The number of aromatic nitrogens is 1. The number of nitrogens with zero attached hydrogens (tertiary/aromatic N) is 4. The van der Waals surface area contributed by atoms with Crippen LogP contribution in [-0.2, 0) is 7.05 Å². The van der Waals surface area contributed by atoms with Gasteiger partial charge in [0.2, 0.25) is 5.55 Å². The number of hydrogen-bond acceptors (Lipinski definition) is 6. The van der Waals surface area contributed by atoms with E-state index in [1.54, 1.807) is 19.2 Å². The van der Waals surface area contributed by atoms with Crippen molar-refractivity contribution in [2.75, 3.05) is 0 Å². The van der Waals surface area contributed by atoms with Crippen LogP contribution in [0.15, 0.2) is 72.9 Å². The van der Waals surface area contributed by atoms with E-state index in [0.717, 1.165) is 16.8 Å². The summed E-state index contributed by atoms with van der Waals surface area (Å²) in [6, 6.07) is 14.8. The molecule has 6 rings (SSSR count). The van der Waals surface area contributed by atoms with Crippen LogP contribution in [0.1, 0.15) is 11.1 Å². The fraction of sp³-hybridized carbons (Fsp3) is 0.0476. The van der Waals surface area contributed by atoms with Crippen LogP contribution in [0.2, 0.25) is 0 Å². The fourth-order valence-electron chi connectivity index (χ4n) is 3.93. The van der Waals surface area contributed by atoms with E-state index in [4.69, 9.17) is 4.42 Å². The number of para-hydroxylation sites is 2. The molecule has 2 aliphatic heterocycles. The Bertz CT molecular complexity index is 1560. The first kappa shape index (κ1) is 15.1. The van der Waals surface area contributed by atoms with E-state index in [-0.39, 0.29) is 16.9 Å². The first-order valence-corrected chi connectivity index (χ1v) is 8.73. The number of aryl methyl sites for hydroxylation is 1. The summed E-state index contributed by atoms with van der Waals surface area (Å²) in [6.45, 7) is 0. The second kappa shape index (κ2) is 5.04. The van der Waals surface area contributed by atoms with Gasteiger partial charge in [0.25, 0.3) is 11.1 Å². The predicted octanol–water partition coefficient (Wildman–Crippen LogP) is 2.15. The third-order valence-electron chi connectivity index (χ3n) is 5.26. The maximum atomic E-state index is 13.1. The molecule has 4 heterocycles. The minimum Gasteiger partial charge on any atom is -0.506 e. The van der Waals surface area contributed by atoms with Gasteiger partial charge in [0.1, 0.15) is 17.0 Å². The van der Waals surface area contributed by atoms with Crippen LogP contribution in [0.25, 0.3) is 22.0 Å². The molecule has 0 saturated carbocycles. The molecule has 0 bridgehead atoms. The van der Waals surface area contributed by atoms with Crippen LogP contribution >= 0.6 is 0 Å². The third-order valence-corrected chi connectivity index (χ3v) is 5.26. The monoisotopic (exact) mass is 368 g/mol. The molecule has 4 aromatic rings. The molecule has 0 radical (unpaired) electrons. The van der Waals surface area contributed by atoms with E-state index in [0.29, 0.717) is 33.3 Å². The first-order valence-electron chi connectivity index (χ1n) is 8.73. The van der Waals surface area contributed by atoms with E-state index in [9.17, 15) is 9.90 Å². The summed E-state index contributed by atoms with van der Waals surface area (Å²) in [6.07, 6.45) is 0. The summed E-state index contributed by atoms with van der Waals surface area (Å²) in [5.74, 6) is -0.112. The van der Waals surface area contributed by atoms with Crippen molar-refractivity contribution in [1.29, 1.82) is 0 Å². The number of pyridine rings is 1. The Hall–Kier alpha value is -4.00. The molecule has 2 aliphatic rings. The number of rotatable bonds is 1. The third kappa shape index (κ3) is 1.72. The van der Waals surface area contributed by atoms with E-state index >= 15 is 0 Å². The lowest BCUT2D eigenvalue weighted by Crippen LogP contribution is -2.26. The normalized spacial score (nSPS) is 13.5. The van der Waals surface area contributed by atoms with Gasteiger partial charge >= 0.3 is 0 Å². The van der Waals surface area contributed by atoms with E-state index in [2.05, 4.69) is 15.2 Å². The van der Waals surface area contributed by atoms with Gasteiger partial charge in [-0.05, 0) is 18.2 Å². The second-order valence-corrected chi connectivity index (χ2v) is 6.74. The number of benzene rings is 2. The summed E-state index contributed by atoms with van der Waals surface area (Å²) in [4.78, 5) is 17.6. The molecule has 0 saturated heterocycles. The Balaban J connectivity index is 1.68. The summed E-state index contributed by atoms with van der Waals surface area (Å²) in [5.41, 5.74) is 4.47. The van der Waals surface area contributed by atoms with Crippen molar-refractivity contribution in [2.45, 2.75) is 0 Å². The standard InChI is InChI=1S/C21H12N4O3/c1-25-13-9-5-3-7-11(13)18(26)16(21(25)27)17-15-14-10-6-2-4-8-12(10)22-19(14)28-20(15)24-23-17/h2-9,26H,1H3. The Morgan fingerprint density at radius 2 is 1.71 bits per heavy atom. The molecule has 0 aliphatic carbocycles. The van der Waals surface area contributed by atoms with Gasteiger partial charge in [0, 0.05) is 18.0 Å². The van der Waals surface area contributed by atoms with Crippen LogP contribution in [0, 0.1) is 0 Å². The Kier molecular flexibility index (Phi) is 2.72. The van der Waals surface area contributed by atoms with Crippen molar-refractivity contribution in [1.82, 2.24) is 4.57 Å². The van der Waals surface area contributed by atoms with Gasteiger partial charge in [-0.2, -0.15) is 0 Å². The molecule has 7 nitrogen and oxygen atoms in total. The van der Waals surface area contributed by atoms with Gasteiger partial charge < -0.3 is 14.1 Å². The van der Waals surface area contributed by atoms with Crippen molar-refractivity contribution in [3.05, 3.63) is 81.1 Å². The summed E-state index contributed by atoms with van der Waals surface area (Å²) >= 11 is 0. The molecule has 0 atom stereocenters. The van der Waals surface area contributed by atoms with E-state index in [1.807, 2.05) is 36.4 Å². The molecule has 7 heteroatoms. The number of furan rings is 1. The quantitative estimate of drug-likeness (QED) is 0.491. The SMILES string of the molecule is Cn1c(=O)c(C2=NN=c3oc4c(c32)-c2ccccc2N=4)c(O)c2ccccc21. The van der Waals surface area contributed by atoms with Crippen molar-refractivity contribution in [2.24, 2.45) is 22.2 Å². The Morgan fingerprint density at radius 1 is 0.929 bits per heavy atom. The molecule has 2 aromatic carbocycles. The molecular weight excluding hydrogens is 356 g/mol. The Labute approximate surface area is 157 Å². The van der Waals surface area contributed by atoms with Crippen LogP contribution in [0.5, 0.6) is 5.75 Å². The number of fused-ring (bicyclic) bond motifs is 6. The lowest BCUT2D eigenvalue weighted by atomic mass is 9.96. The van der Waals surface area contributed by atoms with Gasteiger partial charge in [-0.25, -0.2) is 4.99 Å². The first-order chi connectivity index (χ1) is 13.6. The highest BCUT2D eigenvalue weighted by Crippen LogP contribution is 2.36. The molecule has 0 amide bonds. The molecule has 0 unspecified atom stereocenters. The zero-order valence-electron chi connectivity index (χ0n) is 14.7. The molecule has 1 N–H and O–H groups in total. The van der Waals surface area contributed by atoms with Crippen LogP contribution in [0.3, 0.4) is 0 Å². The summed E-state index contributed by atoms with van der Waals surface area (Å²) < 4.78 is 7.27. The van der Waals surface area contributed by atoms with Gasteiger partial charge in [-0.1, -0.05) is 30.3 Å². The average Bonchev–Trinajstić information content (AvgIpc) is 3.36. The van der Waals surface area contributed by atoms with Crippen molar-refractivity contribution in [3.8, 4) is 16.9 Å². The molecule has 28 heavy (non-hydrogen) atoms. The fourth-order valence-corrected chi connectivity index (χ4v) is 3.93. The molecule has 2 aromatic heterocycles. The molecule has 0 fully saturated rings. The minimum absolute atomic E-state index is 0.108. The zero-order chi connectivity index (χ0) is 19.0. The maximum absolute atomic E-state index is 13.1. The predicted molar refractivity (Wildman–Crippen MR) is 103 cm³/mol. The lowest BCUT2D eigenvalue weighted by Gasteiger charge is -2.11. The smallest absolute Gasteiger partial charge is 0.264 e. The van der Waals surface area contributed by atoms with E-state index < -0.39 is 0 Å². The lowest BCUT2D eigenvalue weighted by molar-refractivity contribution is 0.468. The minimum atomic E-state index is -0.351. The van der Waals surface area contributed by atoms with Crippen molar-refractivity contribution >= 4 is 22.3 Å². The van der Waals surface area contributed by atoms with Crippen LogP contribution in [-0.4, -0.2) is 15.4 Å². The van der Waals surface area contributed by atoms with Crippen molar-refractivity contribution in [3.63, 3.8) is 0 Å². The molecular formula is C21H12N4O3. The number of hydrogen-bond donors (Lipinski definition) is 1. The zero-order valence-corrected chi connectivity index (χ0v) is 14.7.